The van der Waals surface area contributed by atoms with Crippen LogP contribution < -0.4 is 10.1 Å². The molecule has 2 aromatic rings. The van der Waals surface area contributed by atoms with Crippen molar-refractivity contribution in [3.05, 3.63) is 48.2 Å². The van der Waals surface area contributed by atoms with Gasteiger partial charge in [-0.2, -0.15) is 0 Å². The fraction of sp³-hybridized carbons (Fsp3) is 0.294. The van der Waals surface area contributed by atoms with E-state index in [1.807, 2.05) is 24.3 Å². The molecule has 0 radical (unpaired) electrons. The molecule has 114 valence electrons. The number of nitrogens with one attached hydrogen (secondary N) is 1. The smallest absolute Gasteiger partial charge is 0.251 e. The topological polar surface area (TPSA) is 60.5 Å². The van der Waals surface area contributed by atoms with Gasteiger partial charge >= 0.3 is 0 Å². The third-order valence-electron chi connectivity index (χ3n) is 3.68. The van der Waals surface area contributed by atoms with E-state index in [1.165, 1.54) is 0 Å². The summed E-state index contributed by atoms with van der Waals surface area (Å²) in [4.78, 5) is 16.5. The van der Waals surface area contributed by atoms with E-state index in [0.29, 0.717) is 24.5 Å². The van der Waals surface area contributed by atoms with Crippen molar-refractivity contribution in [2.45, 2.75) is 12.5 Å². The second-order valence-electron chi connectivity index (χ2n) is 5.17. The first-order chi connectivity index (χ1) is 10.8. The van der Waals surface area contributed by atoms with Crippen LogP contribution in [0.15, 0.2) is 42.6 Å². The van der Waals surface area contributed by atoms with Crippen molar-refractivity contribution in [2.75, 3.05) is 20.3 Å². The molecule has 1 aromatic carbocycles. The Balaban J connectivity index is 1.76. The van der Waals surface area contributed by atoms with E-state index >= 15 is 0 Å². The van der Waals surface area contributed by atoms with Crippen molar-refractivity contribution in [2.24, 2.45) is 0 Å². The largest absolute Gasteiger partial charge is 0.494 e. The molecule has 1 N–H and O–H groups in total. The van der Waals surface area contributed by atoms with Gasteiger partial charge in [-0.3, -0.25) is 9.78 Å². The molecule has 1 saturated heterocycles. The molecule has 5 heteroatoms. The first-order valence-electron chi connectivity index (χ1n) is 7.26. The number of ether oxygens (including phenoxy) is 2. The summed E-state index contributed by atoms with van der Waals surface area (Å²) >= 11 is 0. The number of rotatable bonds is 4. The Hall–Kier alpha value is -2.40. The molecule has 1 atom stereocenters. The molecule has 1 aliphatic rings. The number of pyridine rings is 1. The number of methoxy groups -OCH3 is 1. The molecule has 0 spiro atoms. The average Bonchev–Trinajstić information content (AvgIpc) is 3.08. The predicted octanol–water partition coefficient (Wildman–Crippen LogP) is 2.28. The lowest BCUT2D eigenvalue weighted by Gasteiger charge is -2.11. The zero-order chi connectivity index (χ0) is 15.4. The zero-order valence-electron chi connectivity index (χ0n) is 12.4. The summed E-state index contributed by atoms with van der Waals surface area (Å²) < 4.78 is 10.6. The van der Waals surface area contributed by atoms with Gasteiger partial charge in [-0.15, -0.1) is 0 Å². The maximum absolute atomic E-state index is 12.2. The SMILES string of the molecule is COc1cccnc1-c1ccc(C(=O)NC2CCOC2)cc1. The van der Waals surface area contributed by atoms with Gasteiger partial charge in [0.25, 0.3) is 5.91 Å². The van der Waals surface area contributed by atoms with Gasteiger partial charge in [0.05, 0.1) is 19.8 Å². The van der Waals surface area contributed by atoms with Crippen LogP contribution in [-0.2, 0) is 4.74 Å². The van der Waals surface area contributed by atoms with E-state index in [-0.39, 0.29) is 11.9 Å². The van der Waals surface area contributed by atoms with Crippen molar-refractivity contribution < 1.29 is 14.3 Å². The van der Waals surface area contributed by atoms with Gasteiger partial charge in [-0.05, 0) is 30.7 Å². The number of hydrogen-bond acceptors (Lipinski definition) is 4. The summed E-state index contributed by atoms with van der Waals surface area (Å²) in [5, 5.41) is 2.97. The predicted molar refractivity (Wildman–Crippen MR) is 82.9 cm³/mol. The standard InChI is InChI=1S/C17H18N2O3/c1-21-15-3-2-9-18-16(15)12-4-6-13(7-5-12)17(20)19-14-8-10-22-11-14/h2-7,9,14H,8,10-11H2,1H3,(H,19,20). The number of hydrogen-bond donors (Lipinski definition) is 1. The van der Waals surface area contributed by atoms with Crippen LogP contribution >= 0.6 is 0 Å². The van der Waals surface area contributed by atoms with Gasteiger partial charge in [-0.25, -0.2) is 0 Å². The molecule has 0 bridgehead atoms. The lowest BCUT2D eigenvalue weighted by molar-refractivity contribution is 0.0930. The molecular weight excluding hydrogens is 280 g/mol. The van der Waals surface area contributed by atoms with Crippen LogP contribution in [0.1, 0.15) is 16.8 Å². The second kappa shape index (κ2) is 6.58. The Kier molecular flexibility index (Phi) is 4.34. The van der Waals surface area contributed by atoms with E-state index in [0.717, 1.165) is 17.7 Å². The molecule has 1 unspecified atom stereocenters. The highest BCUT2D eigenvalue weighted by molar-refractivity contribution is 5.94. The Bertz CT molecular complexity index is 649. The average molecular weight is 298 g/mol. The van der Waals surface area contributed by atoms with Gasteiger partial charge in [-0.1, -0.05) is 12.1 Å². The fourth-order valence-corrected chi connectivity index (χ4v) is 2.47. The van der Waals surface area contributed by atoms with Gasteiger partial charge in [0.2, 0.25) is 0 Å². The van der Waals surface area contributed by atoms with Crippen molar-refractivity contribution in [1.29, 1.82) is 0 Å². The first kappa shape index (κ1) is 14.5. The van der Waals surface area contributed by atoms with Gasteiger partial charge < -0.3 is 14.8 Å². The molecular formula is C17H18N2O3. The number of benzene rings is 1. The molecule has 1 aromatic heterocycles. The van der Waals surface area contributed by atoms with Crippen LogP contribution in [0.2, 0.25) is 0 Å². The highest BCUT2D eigenvalue weighted by atomic mass is 16.5. The van der Waals surface area contributed by atoms with Crippen molar-refractivity contribution in [3.8, 4) is 17.0 Å². The number of carbonyl (C=O) groups excluding carboxylic acids is 1. The van der Waals surface area contributed by atoms with Crippen molar-refractivity contribution in [1.82, 2.24) is 10.3 Å². The summed E-state index contributed by atoms with van der Waals surface area (Å²) in [5.41, 5.74) is 2.31. The summed E-state index contributed by atoms with van der Waals surface area (Å²) in [6.07, 6.45) is 2.59. The second-order valence-corrected chi connectivity index (χ2v) is 5.17. The minimum atomic E-state index is -0.0740. The summed E-state index contributed by atoms with van der Waals surface area (Å²) in [7, 11) is 1.62. The number of amides is 1. The highest BCUT2D eigenvalue weighted by Gasteiger charge is 2.18. The molecule has 1 fully saturated rings. The van der Waals surface area contributed by atoms with Crippen LogP contribution in [0, 0.1) is 0 Å². The monoisotopic (exact) mass is 298 g/mol. The third kappa shape index (κ3) is 3.09. The van der Waals surface area contributed by atoms with Crippen LogP contribution in [0.3, 0.4) is 0 Å². The molecule has 1 aliphatic heterocycles. The first-order valence-corrected chi connectivity index (χ1v) is 7.26. The minimum absolute atomic E-state index is 0.0740. The number of nitrogens with zero attached hydrogens (tertiary/aromatic N) is 1. The normalized spacial score (nSPS) is 17.2. The molecule has 0 aliphatic carbocycles. The Morgan fingerprint density at radius 3 is 2.82 bits per heavy atom. The lowest BCUT2D eigenvalue weighted by Crippen LogP contribution is -2.34. The van der Waals surface area contributed by atoms with E-state index in [9.17, 15) is 4.79 Å². The molecule has 3 rings (SSSR count). The fourth-order valence-electron chi connectivity index (χ4n) is 2.47. The zero-order valence-corrected chi connectivity index (χ0v) is 12.4. The van der Waals surface area contributed by atoms with Crippen molar-refractivity contribution in [3.63, 3.8) is 0 Å². The van der Waals surface area contributed by atoms with Gasteiger partial charge in [0, 0.05) is 23.9 Å². The Morgan fingerprint density at radius 2 is 2.14 bits per heavy atom. The van der Waals surface area contributed by atoms with Gasteiger partial charge in [0.15, 0.2) is 0 Å². The van der Waals surface area contributed by atoms with E-state index in [1.54, 1.807) is 25.4 Å². The number of aromatic nitrogens is 1. The van der Waals surface area contributed by atoms with Gasteiger partial charge in [0.1, 0.15) is 11.4 Å². The summed E-state index contributed by atoms with van der Waals surface area (Å²) in [6, 6.07) is 11.2. The summed E-state index contributed by atoms with van der Waals surface area (Å²) in [5.74, 6) is 0.637. The summed E-state index contributed by atoms with van der Waals surface area (Å²) in [6.45, 7) is 1.30. The Morgan fingerprint density at radius 1 is 1.32 bits per heavy atom. The lowest BCUT2D eigenvalue weighted by atomic mass is 10.1. The molecule has 22 heavy (non-hydrogen) atoms. The maximum atomic E-state index is 12.2. The molecule has 2 heterocycles. The van der Waals surface area contributed by atoms with E-state index in [2.05, 4.69) is 10.3 Å². The van der Waals surface area contributed by atoms with E-state index in [4.69, 9.17) is 9.47 Å². The van der Waals surface area contributed by atoms with Crippen LogP contribution in [0.5, 0.6) is 5.75 Å². The van der Waals surface area contributed by atoms with Crippen molar-refractivity contribution >= 4 is 5.91 Å². The van der Waals surface area contributed by atoms with Crippen LogP contribution in [0.25, 0.3) is 11.3 Å². The molecule has 1 amide bonds. The molecule has 0 saturated carbocycles. The number of carbonyl (C=O) groups is 1. The minimum Gasteiger partial charge on any atom is -0.494 e. The van der Waals surface area contributed by atoms with Crippen LogP contribution in [0.4, 0.5) is 0 Å². The van der Waals surface area contributed by atoms with E-state index < -0.39 is 0 Å². The quantitative estimate of drug-likeness (QED) is 0.940. The van der Waals surface area contributed by atoms with Crippen LogP contribution in [-0.4, -0.2) is 37.3 Å². The molecule has 5 nitrogen and oxygen atoms in total. The third-order valence-corrected chi connectivity index (χ3v) is 3.68. The maximum Gasteiger partial charge on any atom is 0.251 e. The highest BCUT2D eigenvalue weighted by Crippen LogP contribution is 2.27. The Labute approximate surface area is 129 Å².